The summed E-state index contributed by atoms with van der Waals surface area (Å²) in [5.41, 5.74) is 9.46. The summed E-state index contributed by atoms with van der Waals surface area (Å²) in [4.78, 5) is 23.2. The number of nitrogens with zero attached hydrogens (tertiary/aromatic N) is 6. The number of pyridine rings is 2. The summed E-state index contributed by atoms with van der Waals surface area (Å²) >= 11 is 1.75. The first kappa shape index (κ1) is 27.8. The zero-order valence-electron chi connectivity index (χ0n) is 24.5. The van der Waals surface area contributed by atoms with Crippen molar-refractivity contribution >= 4 is 55.7 Å². The summed E-state index contributed by atoms with van der Waals surface area (Å²) in [6.45, 7) is 21.4. The molecule has 4 heterocycles. The molecule has 9 heteroatoms. The van der Waals surface area contributed by atoms with E-state index in [1.165, 1.54) is 15.9 Å². The van der Waals surface area contributed by atoms with Crippen molar-refractivity contribution in [2.24, 2.45) is 4.99 Å². The number of aryl methyl sites for hydroxylation is 2. The number of benzene rings is 1. The highest BCUT2D eigenvalue weighted by Crippen LogP contribution is 2.40. The van der Waals surface area contributed by atoms with E-state index in [0.717, 1.165) is 70.6 Å². The van der Waals surface area contributed by atoms with Gasteiger partial charge in [0, 0.05) is 48.0 Å². The average Bonchev–Trinajstić information content (AvgIpc) is 2.93. The molecule has 2 aliphatic rings. The zero-order chi connectivity index (χ0) is 28.7. The number of fused-ring (bicyclic) bond motifs is 1. The van der Waals surface area contributed by atoms with E-state index in [1.54, 1.807) is 11.8 Å². The fraction of sp³-hybridized carbons (Fsp3) is 0.258. The number of aromatic nitrogens is 2. The van der Waals surface area contributed by atoms with Crippen molar-refractivity contribution in [1.29, 1.82) is 0 Å². The molecule has 40 heavy (non-hydrogen) atoms. The third kappa shape index (κ3) is 4.77. The van der Waals surface area contributed by atoms with Crippen molar-refractivity contribution in [3.8, 4) is 11.3 Å². The fourth-order valence-corrected chi connectivity index (χ4v) is 6.48. The number of amidine groups is 1. The van der Waals surface area contributed by atoms with Crippen LogP contribution in [0.1, 0.15) is 23.7 Å². The van der Waals surface area contributed by atoms with Crippen LogP contribution in [0.2, 0.25) is 0 Å². The molecule has 3 aromatic rings. The standard InChI is InChI=1S/C31H36B2N6S/c1-8-19(3)37-14-15-38(20(4)17-37)30-23-16-25(33)28(27-24(32)10-9-11-26(27)40-7)36-31(23)39(22(6)35-30)29-18(2)12-13-34-21(29)5/h8-13,16,20H,1,3,6,14-15,17,32-33H2,2,4-5,7H3. The number of thioether (sulfide) groups is 1. The Bertz CT molecular complexity index is 1550. The van der Waals surface area contributed by atoms with Gasteiger partial charge in [-0.15, -0.1) is 11.8 Å². The second kappa shape index (κ2) is 11.0. The van der Waals surface area contributed by atoms with E-state index >= 15 is 0 Å². The molecule has 0 spiro atoms. The summed E-state index contributed by atoms with van der Waals surface area (Å²) in [5, 5.41) is 0. The number of piperazine rings is 1. The molecule has 0 amide bonds. The van der Waals surface area contributed by atoms with Crippen LogP contribution in [0, 0.1) is 13.8 Å². The second-order valence-corrected chi connectivity index (χ2v) is 11.5. The van der Waals surface area contributed by atoms with Gasteiger partial charge in [0.25, 0.3) is 0 Å². The van der Waals surface area contributed by atoms with Crippen LogP contribution in [-0.2, 0) is 0 Å². The lowest BCUT2D eigenvalue weighted by Crippen LogP contribution is -2.54. The predicted molar refractivity (Wildman–Crippen MR) is 176 cm³/mol. The molecule has 202 valence electrons. The SMILES string of the molecule is Bc1cc2c(nc1-c1c(B)cccc1SC)N(c1c(C)ccnc1C)C(=C)N=C2N1CCN(C(=C)C=C)CC1C. The minimum absolute atomic E-state index is 0.220. The molecule has 1 saturated heterocycles. The molecule has 0 N–H and O–H groups in total. The predicted octanol–water partition coefficient (Wildman–Crippen LogP) is 3.07. The van der Waals surface area contributed by atoms with Gasteiger partial charge < -0.3 is 9.80 Å². The highest BCUT2D eigenvalue weighted by atomic mass is 32.2. The number of hydrogen-bond acceptors (Lipinski definition) is 7. The highest BCUT2D eigenvalue weighted by molar-refractivity contribution is 7.98. The summed E-state index contributed by atoms with van der Waals surface area (Å²) in [6, 6.07) is 11.0. The van der Waals surface area contributed by atoms with E-state index in [0.29, 0.717) is 5.82 Å². The van der Waals surface area contributed by atoms with E-state index in [-0.39, 0.29) is 6.04 Å². The molecule has 0 aliphatic carbocycles. The molecule has 5 rings (SSSR count). The maximum Gasteiger partial charge on any atom is 0.150 e. The molecule has 6 nitrogen and oxygen atoms in total. The van der Waals surface area contributed by atoms with E-state index < -0.39 is 0 Å². The molecule has 1 unspecified atom stereocenters. The Hall–Kier alpha value is -3.71. The Kier molecular flexibility index (Phi) is 7.69. The van der Waals surface area contributed by atoms with Crippen molar-refractivity contribution in [3.05, 3.63) is 90.7 Å². The van der Waals surface area contributed by atoms with Crippen molar-refractivity contribution in [1.82, 2.24) is 19.8 Å². The minimum Gasteiger partial charge on any atom is -0.368 e. The quantitative estimate of drug-likeness (QED) is 0.279. The Morgan fingerprint density at radius 2 is 1.93 bits per heavy atom. The number of hydrogen-bond donors (Lipinski definition) is 0. The van der Waals surface area contributed by atoms with E-state index in [1.807, 2.05) is 25.3 Å². The largest absolute Gasteiger partial charge is 0.368 e. The van der Waals surface area contributed by atoms with E-state index in [9.17, 15) is 0 Å². The van der Waals surface area contributed by atoms with Gasteiger partial charge in [-0.1, -0.05) is 48.9 Å². The molecule has 0 saturated carbocycles. The van der Waals surface area contributed by atoms with Crippen LogP contribution in [-0.4, -0.2) is 73.2 Å². The molecule has 0 bridgehead atoms. The fourth-order valence-electron chi connectivity index (χ4n) is 5.80. The van der Waals surface area contributed by atoms with E-state index in [2.05, 4.69) is 99.5 Å². The van der Waals surface area contributed by atoms with Gasteiger partial charge in [-0.2, -0.15) is 0 Å². The molecular weight excluding hydrogens is 510 g/mol. The molecule has 1 fully saturated rings. The maximum atomic E-state index is 5.45. The topological polar surface area (TPSA) is 47.9 Å². The Morgan fingerprint density at radius 3 is 2.60 bits per heavy atom. The molecule has 2 aromatic heterocycles. The summed E-state index contributed by atoms with van der Waals surface area (Å²) in [6.07, 6.45) is 5.80. The summed E-state index contributed by atoms with van der Waals surface area (Å²) in [7, 11) is 4.31. The van der Waals surface area contributed by atoms with E-state index in [4.69, 9.17) is 9.98 Å². The lowest BCUT2D eigenvalue weighted by Gasteiger charge is -2.44. The Balaban J connectivity index is 1.71. The van der Waals surface area contributed by atoms with Crippen LogP contribution < -0.4 is 15.8 Å². The van der Waals surface area contributed by atoms with Gasteiger partial charge in [-0.05, 0) is 50.8 Å². The zero-order valence-corrected chi connectivity index (χ0v) is 25.3. The summed E-state index contributed by atoms with van der Waals surface area (Å²) < 4.78 is 0. The Labute approximate surface area is 244 Å². The Morgan fingerprint density at radius 1 is 1.15 bits per heavy atom. The van der Waals surface area contributed by atoms with Gasteiger partial charge in [0.1, 0.15) is 27.3 Å². The number of allylic oxidation sites excluding steroid dienone is 1. The van der Waals surface area contributed by atoms with Crippen LogP contribution >= 0.6 is 11.8 Å². The van der Waals surface area contributed by atoms with Crippen LogP contribution in [0.3, 0.4) is 0 Å². The third-order valence-electron chi connectivity index (χ3n) is 7.90. The molecule has 1 atom stereocenters. The van der Waals surface area contributed by atoms with Gasteiger partial charge in [-0.25, -0.2) is 9.98 Å². The van der Waals surface area contributed by atoms with Crippen LogP contribution in [0.5, 0.6) is 0 Å². The lowest BCUT2D eigenvalue weighted by molar-refractivity contribution is 0.171. The monoisotopic (exact) mass is 546 g/mol. The molecule has 2 aliphatic heterocycles. The smallest absolute Gasteiger partial charge is 0.150 e. The van der Waals surface area contributed by atoms with Gasteiger partial charge in [0.05, 0.1) is 22.6 Å². The van der Waals surface area contributed by atoms with Crippen molar-refractivity contribution < 1.29 is 0 Å². The van der Waals surface area contributed by atoms with Crippen LogP contribution in [0.15, 0.2) is 83.7 Å². The normalized spacial score (nSPS) is 17.0. The van der Waals surface area contributed by atoms with Gasteiger partial charge >= 0.3 is 0 Å². The molecule has 1 aromatic carbocycles. The minimum atomic E-state index is 0.220. The van der Waals surface area contributed by atoms with Crippen molar-refractivity contribution in [3.63, 3.8) is 0 Å². The van der Waals surface area contributed by atoms with Crippen molar-refractivity contribution in [2.45, 2.75) is 31.7 Å². The maximum absolute atomic E-state index is 5.45. The number of rotatable bonds is 5. The van der Waals surface area contributed by atoms with Crippen molar-refractivity contribution in [2.75, 3.05) is 30.8 Å². The first-order valence-corrected chi connectivity index (χ1v) is 14.9. The average molecular weight is 546 g/mol. The number of anilines is 2. The third-order valence-corrected chi connectivity index (χ3v) is 8.68. The highest BCUT2D eigenvalue weighted by Gasteiger charge is 2.35. The second-order valence-electron chi connectivity index (χ2n) is 10.6. The van der Waals surface area contributed by atoms with Gasteiger partial charge in [-0.3, -0.25) is 9.88 Å². The number of aliphatic imine (C=N–C) groups is 1. The van der Waals surface area contributed by atoms with Crippen LogP contribution in [0.25, 0.3) is 11.3 Å². The first-order chi connectivity index (χ1) is 19.2. The van der Waals surface area contributed by atoms with Gasteiger partial charge in [0.2, 0.25) is 0 Å². The van der Waals surface area contributed by atoms with Gasteiger partial charge in [0.15, 0.2) is 5.82 Å². The first-order valence-electron chi connectivity index (χ1n) is 13.6. The molecule has 0 radical (unpaired) electrons. The molecular formula is C31H36B2N6S. The van der Waals surface area contributed by atoms with Crippen LogP contribution in [0.4, 0.5) is 11.5 Å². The lowest BCUT2D eigenvalue weighted by atomic mass is 9.82. The summed E-state index contributed by atoms with van der Waals surface area (Å²) in [5.74, 6) is 2.41.